The van der Waals surface area contributed by atoms with E-state index < -0.39 is 0 Å². The summed E-state index contributed by atoms with van der Waals surface area (Å²) in [6.07, 6.45) is 5.81. The van der Waals surface area contributed by atoms with Gasteiger partial charge in [0.1, 0.15) is 11.5 Å². The summed E-state index contributed by atoms with van der Waals surface area (Å²) in [5, 5.41) is 0. The van der Waals surface area contributed by atoms with Gasteiger partial charge < -0.3 is 19.6 Å². The molecule has 33 heavy (non-hydrogen) atoms. The molecule has 0 bridgehead atoms. The van der Waals surface area contributed by atoms with Crippen molar-refractivity contribution in [2.24, 2.45) is 0 Å². The highest BCUT2D eigenvalue weighted by molar-refractivity contribution is 5.98. The van der Waals surface area contributed by atoms with Crippen molar-refractivity contribution < 1.29 is 9.59 Å². The topological polar surface area (TPSA) is 85.8 Å². The van der Waals surface area contributed by atoms with E-state index in [9.17, 15) is 9.59 Å². The van der Waals surface area contributed by atoms with Crippen LogP contribution in [-0.4, -0.2) is 75.3 Å². The number of amides is 2. The van der Waals surface area contributed by atoms with Crippen LogP contribution in [0.4, 0.5) is 11.8 Å². The Morgan fingerprint density at radius 1 is 1.12 bits per heavy atom. The number of fused-ring (bicyclic) bond motifs is 1. The van der Waals surface area contributed by atoms with Crippen LogP contribution < -0.4 is 9.80 Å². The lowest BCUT2D eigenvalue weighted by Crippen LogP contribution is -2.48. The molecule has 5 heterocycles. The average Bonchev–Trinajstić information content (AvgIpc) is 3.44. The number of hydrogen-bond donors (Lipinski definition) is 0. The Balaban J connectivity index is 1.54. The number of anilines is 2. The number of hydrogen-bond acceptors (Lipinski definition) is 7. The van der Waals surface area contributed by atoms with Crippen LogP contribution in [-0.2, 0) is 11.3 Å². The van der Waals surface area contributed by atoms with Crippen LogP contribution in [0.15, 0.2) is 24.5 Å². The lowest BCUT2D eigenvalue weighted by molar-refractivity contribution is -0.129. The van der Waals surface area contributed by atoms with E-state index in [0.717, 1.165) is 30.8 Å². The molecular formula is C24H31N7O2. The molecule has 0 saturated carbocycles. The van der Waals surface area contributed by atoms with Gasteiger partial charge in [-0.15, -0.1) is 0 Å². The van der Waals surface area contributed by atoms with E-state index in [4.69, 9.17) is 9.97 Å². The SMILES string of the molecule is CC(=O)N1CCN(c2nc3c(c(N4CCCC4c4cccnc4)n2)CN(C(C)C)C3=O)CC1. The largest absolute Gasteiger partial charge is 0.349 e. The van der Waals surface area contributed by atoms with Crippen molar-refractivity contribution in [2.75, 3.05) is 42.5 Å². The van der Waals surface area contributed by atoms with Crippen molar-refractivity contribution in [2.45, 2.75) is 52.2 Å². The monoisotopic (exact) mass is 449 g/mol. The van der Waals surface area contributed by atoms with Gasteiger partial charge in [0.05, 0.1) is 12.6 Å². The molecule has 3 aliphatic heterocycles. The van der Waals surface area contributed by atoms with Gasteiger partial charge in [-0.25, -0.2) is 4.98 Å². The first-order valence-electron chi connectivity index (χ1n) is 11.8. The van der Waals surface area contributed by atoms with Crippen LogP contribution in [0, 0.1) is 0 Å². The Morgan fingerprint density at radius 3 is 2.58 bits per heavy atom. The fourth-order valence-electron chi connectivity index (χ4n) is 5.12. The van der Waals surface area contributed by atoms with Crippen LogP contribution in [0.5, 0.6) is 0 Å². The van der Waals surface area contributed by atoms with Crippen molar-refractivity contribution in [1.29, 1.82) is 0 Å². The van der Waals surface area contributed by atoms with Gasteiger partial charge in [-0.3, -0.25) is 14.6 Å². The van der Waals surface area contributed by atoms with E-state index in [1.807, 2.05) is 35.9 Å². The Kier molecular flexibility index (Phi) is 5.64. The molecule has 0 spiro atoms. The second-order valence-electron chi connectivity index (χ2n) is 9.33. The minimum Gasteiger partial charge on any atom is -0.349 e. The van der Waals surface area contributed by atoms with Crippen molar-refractivity contribution in [3.63, 3.8) is 0 Å². The highest BCUT2D eigenvalue weighted by atomic mass is 16.2. The number of nitrogens with zero attached hydrogens (tertiary/aromatic N) is 7. The summed E-state index contributed by atoms with van der Waals surface area (Å²) in [5.41, 5.74) is 2.62. The second kappa shape index (κ2) is 8.61. The molecule has 3 aliphatic rings. The van der Waals surface area contributed by atoms with Gasteiger partial charge in [-0.2, -0.15) is 4.98 Å². The molecule has 174 valence electrons. The lowest BCUT2D eigenvalue weighted by atomic mass is 10.1. The molecule has 2 saturated heterocycles. The van der Waals surface area contributed by atoms with Gasteiger partial charge in [-0.05, 0) is 38.3 Å². The molecule has 2 aromatic heterocycles. The minimum atomic E-state index is -0.0237. The van der Waals surface area contributed by atoms with E-state index in [0.29, 0.717) is 44.4 Å². The van der Waals surface area contributed by atoms with E-state index in [1.165, 1.54) is 5.56 Å². The Hall–Kier alpha value is -3.23. The van der Waals surface area contributed by atoms with E-state index in [2.05, 4.69) is 20.9 Å². The summed E-state index contributed by atoms with van der Waals surface area (Å²) in [5.74, 6) is 1.52. The molecule has 9 nitrogen and oxygen atoms in total. The molecule has 1 unspecified atom stereocenters. The van der Waals surface area contributed by atoms with Crippen molar-refractivity contribution in [3.8, 4) is 0 Å². The third-order valence-corrected chi connectivity index (χ3v) is 6.99. The van der Waals surface area contributed by atoms with Gasteiger partial charge in [0.25, 0.3) is 5.91 Å². The Bertz CT molecular complexity index is 1050. The summed E-state index contributed by atoms with van der Waals surface area (Å²) < 4.78 is 0. The molecule has 2 amide bonds. The highest BCUT2D eigenvalue weighted by Crippen LogP contribution is 2.40. The molecule has 2 fully saturated rings. The molecule has 0 radical (unpaired) electrons. The quantitative estimate of drug-likeness (QED) is 0.708. The predicted molar refractivity (Wildman–Crippen MR) is 125 cm³/mol. The van der Waals surface area contributed by atoms with Crippen LogP contribution in [0.2, 0.25) is 0 Å². The molecular weight excluding hydrogens is 418 g/mol. The normalized spacial score (nSPS) is 20.7. The summed E-state index contributed by atoms with van der Waals surface area (Å²) in [6.45, 7) is 9.69. The third kappa shape index (κ3) is 3.89. The predicted octanol–water partition coefficient (Wildman–Crippen LogP) is 2.25. The first-order valence-corrected chi connectivity index (χ1v) is 11.8. The Labute approximate surface area is 194 Å². The fraction of sp³-hybridized carbons (Fsp3) is 0.542. The highest BCUT2D eigenvalue weighted by Gasteiger charge is 2.39. The number of pyridine rings is 1. The number of rotatable bonds is 4. The summed E-state index contributed by atoms with van der Waals surface area (Å²) in [6, 6.07) is 4.36. The second-order valence-corrected chi connectivity index (χ2v) is 9.33. The average molecular weight is 450 g/mol. The van der Waals surface area contributed by atoms with Crippen LogP contribution in [0.3, 0.4) is 0 Å². The van der Waals surface area contributed by atoms with Crippen LogP contribution in [0.25, 0.3) is 0 Å². The third-order valence-electron chi connectivity index (χ3n) is 6.99. The summed E-state index contributed by atoms with van der Waals surface area (Å²) in [7, 11) is 0. The maximum absolute atomic E-state index is 13.3. The number of carbonyl (C=O) groups excluding carboxylic acids is 2. The molecule has 9 heteroatoms. The van der Waals surface area contributed by atoms with Gasteiger partial charge in [0.2, 0.25) is 11.9 Å². The smallest absolute Gasteiger partial charge is 0.273 e. The van der Waals surface area contributed by atoms with Gasteiger partial charge in [0.15, 0.2) is 0 Å². The number of aromatic nitrogens is 3. The molecule has 0 aliphatic carbocycles. The molecule has 0 N–H and O–H groups in total. The molecule has 2 aromatic rings. The minimum absolute atomic E-state index is 0.0237. The zero-order valence-corrected chi connectivity index (χ0v) is 19.6. The van der Waals surface area contributed by atoms with Gasteiger partial charge >= 0.3 is 0 Å². The van der Waals surface area contributed by atoms with Crippen molar-refractivity contribution in [3.05, 3.63) is 41.3 Å². The number of piperazine rings is 1. The zero-order valence-electron chi connectivity index (χ0n) is 19.6. The summed E-state index contributed by atoms with van der Waals surface area (Å²) in [4.78, 5) is 47.3. The Morgan fingerprint density at radius 2 is 1.91 bits per heavy atom. The molecule has 1 atom stereocenters. The first kappa shape index (κ1) is 21.6. The van der Waals surface area contributed by atoms with Gasteiger partial charge in [0, 0.05) is 63.6 Å². The summed E-state index contributed by atoms with van der Waals surface area (Å²) >= 11 is 0. The molecule has 5 rings (SSSR count). The lowest BCUT2D eigenvalue weighted by Gasteiger charge is -2.35. The van der Waals surface area contributed by atoms with E-state index >= 15 is 0 Å². The van der Waals surface area contributed by atoms with E-state index in [-0.39, 0.29) is 23.9 Å². The maximum Gasteiger partial charge on any atom is 0.273 e. The maximum atomic E-state index is 13.3. The van der Waals surface area contributed by atoms with Crippen LogP contribution in [0.1, 0.15) is 61.3 Å². The zero-order chi connectivity index (χ0) is 23.1. The fourth-order valence-corrected chi connectivity index (χ4v) is 5.12. The standard InChI is InChI=1S/C24H31N7O2/c1-16(2)31-15-19-21(23(31)33)26-24(29-12-10-28(11-13-29)17(3)32)27-22(19)30-9-5-7-20(30)18-6-4-8-25-14-18/h4,6,8,14,16,20H,5,7,9-13,15H2,1-3H3. The van der Waals surface area contributed by atoms with Crippen molar-refractivity contribution in [1.82, 2.24) is 24.8 Å². The van der Waals surface area contributed by atoms with E-state index in [1.54, 1.807) is 13.1 Å². The molecule has 0 aromatic carbocycles. The van der Waals surface area contributed by atoms with Crippen LogP contribution >= 0.6 is 0 Å². The van der Waals surface area contributed by atoms with Crippen molar-refractivity contribution >= 4 is 23.6 Å². The number of carbonyl (C=O) groups is 2. The van der Waals surface area contributed by atoms with Gasteiger partial charge in [-0.1, -0.05) is 6.07 Å². The first-order chi connectivity index (χ1) is 15.9.